The molecule has 0 aliphatic carbocycles. The third-order valence-electron chi connectivity index (χ3n) is 5.45. The second-order valence-electron chi connectivity index (χ2n) is 7.73. The molecule has 0 saturated heterocycles. The van der Waals surface area contributed by atoms with Crippen molar-refractivity contribution >= 4 is 5.91 Å². The van der Waals surface area contributed by atoms with E-state index < -0.39 is 0 Å². The Labute approximate surface area is 194 Å². The highest BCUT2D eigenvalue weighted by Gasteiger charge is 2.18. The normalized spacial score (nSPS) is 10.7. The molecule has 0 radical (unpaired) electrons. The summed E-state index contributed by atoms with van der Waals surface area (Å²) in [5.41, 5.74) is 4.54. The number of rotatable bonds is 9. The molecule has 4 aromatic rings. The molecule has 0 bridgehead atoms. The van der Waals surface area contributed by atoms with E-state index >= 15 is 0 Å². The van der Waals surface area contributed by atoms with Crippen LogP contribution in [-0.2, 0) is 18.0 Å². The summed E-state index contributed by atoms with van der Waals surface area (Å²) >= 11 is 0. The van der Waals surface area contributed by atoms with Crippen LogP contribution in [0, 0.1) is 0 Å². The number of nitrogens with one attached hydrogen (secondary N) is 1. The lowest BCUT2D eigenvalue weighted by Crippen LogP contribution is -2.29. The van der Waals surface area contributed by atoms with Gasteiger partial charge in [-0.25, -0.2) is 0 Å². The lowest BCUT2D eigenvalue weighted by atomic mass is 9.98. The van der Waals surface area contributed by atoms with Crippen LogP contribution in [0.25, 0.3) is 0 Å². The van der Waals surface area contributed by atoms with E-state index in [1.54, 1.807) is 13.2 Å². The topological polar surface area (TPSA) is 47.6 Å². The zero-order valence-corrected chi connectivity index (χ0v) is 18.6. The van der Waals surface area contributed by atoms with Crippen molar-refractivity contribution in [1.82, 2.24) is 5.32 Å². The van der Waals surface area contributed by atoms with Crippen molar-refractivity contribution in [3.63, 3.8) is 0 Å². The van der Waals surface area contributed by atoms with Gasteiger partial charge in [0.1, 0.15) is 5.75 Å². The fourth-order valence-corrected chi connectivity index (χ4v) is 3.75. The first-order valence-corrected chi connectivity index (χ1v) is 10.9. The minimum atomic E-state index is -0.250. The molecule has 0 aromatic heterocycles. The first-order chi connectivity index (χ1) is 16.2. The molecule has 0 fully saturated rings. The van der Waals surface area contributed by atoms with Crippen LogP contribution in [0.4, 0.5) is 0 Å². The SMILES string of the molecule is COc1ccc(C(=O)NC(c2ccccc2)c2ccccc2)cc1COCc1ccccc1. The number of carbonyl (C=O) groups excluding carboxylic acids is 1. The van der Waals surface area contributed by atoms with Gasteiger partial charge in [0.2, 0.25) is 0 Å². The van der Waals surface area contributed by atoms with Crippen LogP contribution in [0.5, 0.6) is 5.75 Å². The molecule has 0 heterocycles. The summed E-state index contributed by atoms with van der Waals surface area (Å²) in [7, 11) is 1.62. The third-order valence-corrected chi connectivity index (χ3v) is 5.45. The van der Waals surface area contributed by atoms with Crippen LogP contribution in [-0.4, -0.2) is 13.0 Å². The van der Waals surface area contributed by atoms with Crippen molar-refractivity contribution in [2.24, 2.45) is 0 Å². The number of hydrogen-bond acceptors (Lipinski definition) is 3. The first-order valence-electron chi connectivity index (χ1n) is 10.9. The van der Waals surface area contributed by atoms with Crippen LogP contribution in [0.15, 0.2) is 109 Å². The Balaban J connectivity index is 1.52. The summed E-state index contributed by atoms with van der Waals surface area (Å²) in [5.74, 6) is 0.543. The molecule has 0 spiro atoms. The summed E-state index contributed by atoms with van der Waals surface area (Å²) in [4.78, 5) is 13.3. The molecule has 1 amide bonds. The highest BCUT2D eigenvalue weighted by atomic mass is 16.5. The monoisotopic (exact) mass is 437 g/mol. The van der Waals surface area contributed by atoms with Crippen molar-refractivity contribution in [2.45, 2.75) is 19.3 Å². The summed E-state index contributed by atoms with van der Waals surface area (Å²) in [6, 6.07) is 35.1. The molecule has 0 aliphatic rings. The van der Waals surface area contributed by atoms with E-state index in [2.05, 4.69) is 5.32 Å². The van der Waals surface area contributed by atoms with Gasteiger partial charge in [0.05, 0.1) is 26.4 Å². The van der Waals surface area contributed by atoms with Crippen molar-refractivity contribution in [3.05, 3.63) is 137 Å². The number of ether oxygens (including phenoxy) is 2. The molecule has 4 nitrogen and oxygen atoms in total. The van der Waals surface area contributed by atoms with E-state index in [0.717, 1.165) is 22.3 Å². The van der Waals surface area contributed by atoms with E-state index in [1.807, 2.05) is 103 Å². The van der Waals surface area contributed by atoms with E-state index in [1.165, 1.54) is 0 Å². The van der Waals surface area contributed by atoms with Crippen LogP contribution in [0.3, 0.4) is 0 Å². The first kappa shape index (κ1) is 22.3. The van der Waals surface area contributed by atoms with Gasteiger partial charge in [-0.15, -0.1) is 0 Å². The molecule has 4 aromatic carbocycles. The fraction of sp³-hybridized carbons (Fsp3) is 0.138. The van der Waals surface area contributed by atoms with Crippen LogP contribution >= 0.6 is 0 Å². The summed E-state index contributed by atoms with van der Waals surface area (Å²) < 4.78 is 11.4. The zero-order chi connectivity index (χ0) is 22.9. The molecular weight excluding hydrogens is 410 g/mol. The van der Waals surface area contributed by atoms with E-state index in [4.69, 9.17) is 9.47 Å². The van der Waals surface area contributed by atoms with Gasteiger partial charge in [-0.2, -0.15) is 0 Å². The predicted molar refractivity (Wildman–Crippen MR) is 130 cm³/mol. The predicted octanol–water partition coefficient (Wildman–Crippen LogP) is 5.93. The quantitative estimate of drug-likeness (QED) is 0.353. The molecule has 4 heteroatoms. The van der Waals surface area contributed by atoms with Gasteiger partial charge in [0, 0.05) is 11.1 Å². The fourth-order valence-electron chi connectivity index (χ4n) is 3.75. The molecule has 0 unspecified atom stereocenters. The largest absolute Gasteiger partial charge is 0.496 e. The van der Waals surface area contributed by atoms with E-state index in [9.17, 15) is 4.79 Å². The average Bonchev–Trinajstić information content (AvgIpc) is 2.88. The standard InChI is InChI=1S/C29H27NO3/c1-32-27-18-17-25(19-26(27)21-33-20-22-11-5-2-6-12-22)29(31)30-28(23-13-7-3-8-14-23)24-15-9-4-10-16-24/h2-19,28H,20-21H2,1H3,(H,30,31). The number of benzene rings is 4. The Hall–Kier alpha value is -3.89. The Morgan fingerprint density at radius 2 is 1.33 bits per heavy atom. The van der Waals surface area contributed by atoms with Crippen molar-refractivity contribution in [2.75, 3.05) is 7.11 Å². The highest BCUT2D eigenvalue weighted by molar-refractivity contribution is 5.95. The molecule has 0 saturated carbocycles. The maximum absolute atomic E-state index is 13.3. The van der Waals surface area contributed by atoms with Gasteiger partial charge in [-0.1, -0.05) is 91.0 Å². The van der Waals surface area contributed by atoms with Crippen molar-refractivity contribution in [1.29, 1.82) is 0 Å². The zero-order valence-electron chi connectivity index (χ0n) is 18.6. The summed E-state index contributed by atoms with van der Waals surface area (Å²) in [6.07, 6.45) is 0. The van der Waals surface area contributed by atoms with Gasteiger partial charge in [-0.05, 0) is 34.9 Å². The molecule has 4 rings (SSSR count). The minimum absolute atomic E-state index is 0.153. The minimum Gasteiger partial charge on any atom is -0.496 e. The van der Waals surface area contributed by atoms with Gasteiger partial charge < -0.3 is 14.8 Å². The Kier molecular flexibility index (Phi) is 7.52. The maximum atomic E-state index is 13.3. The van der Waals surface area contributed by atoms with Crippen molar-refractivity contribution in [3.8, 4) is 5.75 Å². The molecule has 0 aliphatic heterocycles. The number of methoxy groups -OCH3 is 1. The smallest absolute Gasteiger partial charge is 0.252 e. The second-order valence-corrected chi connectivity index (χ2v) is 7.73. The summed E-state index contributed by atoms with van der Waals surface area (Å²) in [5, 5.41) is 3.19. The van der Waals surface area contributed by atoms with Gasteiger partial charge >= 0.3 is 0 Å². The van der Waals surface area contributed by atoms with E-state index in [0.29, 0.717) is 24.5 Å². The maximum Gasteiger partial charge on any atom is 0.252 e. The number of hydrogen-bond donors (Lipinski definition) is 1. The molecular formula is C29H27NO3. The second kappa shape index (κ2) is 11.1. The van der Waals surface area contributed by atoms with Crippen molar-refractivity contribution < 1.29 is 14.3 Å². The summed E-state index contributed by atoms with van der Waals surface area (Å²) in [6.45, 7) is 0.838. The van der Waals surface area contributed by atoms with Gasteiger partial charge in [0.25, 0.3) is 5.91 Å². The van der Waals surface area contributed by atoms with E-state index in [-0.39, 0.29) is 11.9 Å². The Bertz CT molecular complexity index is 1120. The number of carbonyl (C=O) groups is 1. The molecule has 166 valence electrons. The van der Waals surface area contributed by atoms with Gasteiger partial charge in [-0.3, -0.25) is 4.79 Å². The van der Waals surface area contributed by atoms with Crippen LogP contribution in [0.1, 0.15) is 38.7 Å². The lowest BCUT2D eigenvalue weighted by Gasteiger charge is -2.20. The molecule has 0 atom stereocenters. The molecule has 1 N–H and O–H groups in total. The highest BCUT2D eigenvalue weighted by Crippen LogP contribution is 2.25. The number of amides is 1. The average molecular weight is 438 g/mol. The van der Waals surface area contributed by atoms with Gasteiger partial charge in [0.15, 0.2) is 0 Å². The van der Waals surface area contributed by atoms with Crippen LogP contribution < -0.4 is 10.1 Å². The molecule has 33 heavy (non-hydrogen) atoms. The third kappa shape index (κ3) is 5.88. The lowest BCUT2D eigenvalue weighted by molar-refractivity contribution is 0.0940. The van der Waals surface area contributed by atoms with Crippen LogP contribution in [0.2, 0.25) is 0 Å². The Morgan fingerprint density at radius 3 is 1.91 bits per heavy atom. The Morgan fingerprint density at radius 1 is 0.758 bits per heavy atom.